The Hall–Kier alpha value is -3.39. The van der Waals surface area contributed by atoms with Gasteiger partial charge in [-0.3, -0.25) is 14.4 Å². The zero-order chi connectivity index (χ0) is 23.0. The third kappa shape index (κ3) is 5.90. The Morgan fingerprint density at radius 1 is 1.03 bits per heavy atom. The first-order valence-corrected chi connectivity index (χ1v) is 12.0. The van der Waals surface area contributed by atoms with E-state index in [-0.39, 0.29) is 36.7 Å². The van der Waals surface area contributed by atoms with Gasteiger partial charge >= 0.3 is 0 Å². The Kier molecular flexibility index (Phi) is 7.57. The van der Waals surface area contributed by atoms with E-state index in [1.54, 1.807) is 11.0 Å². The molecular weight excluding hydrogens is 438 g/mol. The van der Waals surface area contributed by atoms with Gasteiger partial charge in [-0.25, -0.2) is 0 Å². The first-order chi connectivity index (χ1) is 16.1. The summed E-state index contributed by atoms with van der Waals surface area (Å²) in [5.41, 5.74) is 0.732. The summed E-state index contributed by atoms with van der Waals surface area (Å²) in [6.45, 7) is 0.0235. The number of thiophene rings is 1. The van der Waals surface area contributed by atoms with Gasteiger partial charge in [0.2, 0.25) is 11.8 Å². The summed E-state index contributed by atoms with van der Waals surface area (Å²) in [5.74, 6) is -0.892. The van der Waals surface area contributed by atoms with Crippen LogP contribution in [0.1, 0.15) is 52.7 Å². The molecule has 3 aromatic rings. The number of rotatable bonds is 9. The zero-order valence-electron chi connectivity index (χ0n) is 18.2. The average molecular weight is 466 g/mol. The molecule has 1 aromatic carbocycles. The highest BCUT2D eigenvalue weighted by molar-refractivity contribution is 7.09. The van der Waals surface area contributed by atoms with Crippen molar-refractivity contribution in [3.8, 4) is 0 Å². The Labute approximate surface area is 196 Å². The van der Waals surface area contributed by atoms with E-state index < -0.39 is 11.9 Å². The molecule has 1 unspecified atom stereocenters. The fourth-order valence-corrected chi connectivity index (χ4v) is 4.81. The molecular formula is C25H27N3O4S. The second kappa shape index (κ2) is 11.0. The minimum atomic E-state index is -0.804. The number of hydrogen-bond donors (Lipinski definition) is 2. The van der Waals surface area contributed by atoms with Gasteiger partial charge in [0.05, 0.1) is 19.4 Å². The van der Waals surface area contributed by atoms with Gasteiger partial charge in [0.15, 0.2) is 5.76 Å². The number of hydrogen-bond acceptors (Lipinski definition) is 5. The van der Waals surface area contributed by atoms with Crippen molar-refractivity contribution in [2.45, 2.75) is 44.3 Å². The molecule has 33 heavy (non-hydrogen) atoms. The minimum Gasteiger partial charge on any atom is -0.459 e. The lowest BCUT2D eigenvalue weighted by Crippen LogP contribution is -2.48. The Balaban J connectivity index is 1.58. The van der Waals surface area contributed by atoms with Crippen LogP contribution in [-0.2, 0) is 16.1 Å². The summed E-state index contributed by atoms with van der Waals surface area (Å²) in [6, 6.07) is 15.6. The monoisotopic (exact) mass is 465 g/mol. The molecule has 1 aliphatic rings. The number of benzene rings is 1. The Bertz CT molecular complexity index is 1040. The maximum atomic E-state index is 13.5. The van der Waals surface area contributed by atoms with Crippen LogP contribution in [0.5, 0.6) is 0 Å². The number of amides is 3. The topological polar surface area (TPSA) is 91.7 Å². The van der Waals surface area contributed by atoms with Crippen LogP contribution in [0.25, 0.3) is 0 Å². The molecule has 0 radical (unpaired) electrons. The van der Waals surface area contributed by atoms with Crippen LogP contribution in [0.4, 0.5) is 0 Å². The molecule has 1 saturated carbocycles. The van der Waals surface area contributed by atoms with E-state index in [2.05, 4.69) is 10.6 Å². The highest BCUT2D eigenvalue weighted by atomic mass is 32.1. The third-order valence-electron chi connectivity index (χ3n) is 5.75. The highest BCUT2D eigenvalue weighted by Gasteiger charge is 2.33. The molecule has 172 valence electrons. The van der Waals surface area contributed by atoms with Crippen LogP contribution in [0.3, 0.4) is 0 Å². The van der Waals surface area contributed by atoms with Gasteiger partial charge in [-0.05, 0) is 42.0 Å². The van der Waals surface area contributed by atoms with Crippen LogP contribution in [0.15, 0.2) is 70.7 Å². The summed E-state index contributed by atoms with van der Waals surface area (Å²) in [7, 11) is 0. The molecule has 3 amide bonds. The van der Waals surface area contributed by atoms with E-state index in [0.717, 1.165) is 36.1 Å². The van der Waals surface area contributed by atoms with Crippen molar-refractivity contribution >= 4 is 29.1 Å². The van der Waals surface area contributed by atoms with Crippen LogP contribution < -0.4 is 10.6 Å². The molecule has 4 rings (SSSR count). The van der Waals surface area contributed by atoms with Gasteiger partial charge in [-0.1, -0.05) is 49.2 Å². The van der Waals surface area contributed by atoms with Crippen LogP contribution >= 0.6 is 11.3 Å². The quantitative estimate of drug-likeness (QED) is 0.501. The van der Waals surface area contributed by atoms with E-state index >= 15 is 0 Å². The van der Waals surface area contributed by atoms with E-state index in [1.807, 2.05) is 47.8 Å². The molecule has 7 nitrogen and oxygen atoms in total. The minimum absolute atomic E-state index is 0.126. The smallest absolute Gasteiger partial charge is 0.287 e. The number of carbonyl (C=O) groups is 3. The first-order valence-electron chi connectivity index (χ1n) is 11.1. The number of furan rings is 1. The van der Waals surface area contributed by atoms with Crippen LogP contribution in [-0.4, -0.2) is 35.2 Å². The molecule has 0 spiro atoms. The molecule has 1 aliphatic carbocycles. The van der Waals surface area contributed by atoms with Crippen molar-refractivity contribution < 1.29 is 18.8 Å². The molecule has 2 aromatic heterocycles. The highest BCUT2D eigenvalue weighted by Crippen LogP contribution is 2.27. The molecule has 8 heteroatoms. The van der Waals surface area contributed by atoms with Gasteiger partial charge in [0.25, 0.3) is 5.91 Å². The summed E-state index contributed by atoms with van der Waals surface area (Å²) >= 11 is 1.52. The average Bonchev–Trinajstić information content (AvgIpc) is 3.61. The second-order valence-electron chi connectivity index (χ2n) is 8.06. The lowest BCUT2D eigenvalue weighted by molar-refractivity contribution is -0.141. The van der Waals surface area contributed by atoms with Crippen molar-refractivity contribution in [1.82, 2.24) is 15.5 Å². The van der Waals surface area contributed by atoms with Crippen LogP contribution in [0, 0.1) is 0 Å². The molecule has 2 N–H and O–H groups in total. The SMILES string of the molecule is O=C(NCC(=O)N(Cc1cccs1)C(C(=O)NC1CCCC1)c1ccccc1)c1ccco1. The van der Waals surface area contributed by atoms with Gasteiger partial charge in [0, 0.05) is 10.9 Å². The van der Waals surface area contributed by atoms with Crippen molar-refractivity contribution in [2.24, 2.45) is 0 Å². The number of nitrogens with one attached hydrogen (secondary N) is 2. The van der Waals surface area contributed by atoms with Gasteiger partial charge in [0.1, 0.15) is 6.04 Å². The molecule has 0 saturated heterocycles. The van der Waals surface area contributed by atoms with Crippen LogP contribution in [0.2, 0.25) is 0 Å². The predicted molar refractivity (Wildman–Crippen MR) is 125 cm³/mol. The van der Waals surface area contributed by atoms with E-state index in [4.69, 9.17) is 4.42 Å². The molecule has 0 bridgehead atoms. The van der Waals surface area contributed by atoms with Gasteiger partial charge < -0.3 is 20.0 Å². The largest absolute Gasteiger partial charge is 0.459 e. The normalized spacial score (nSPS) is 14.5. The molecule has 1 fully saturated rings. The van der Waals surface area contributed by atoms with Crippen molar-refractivity contribution in [2.75, 3.05) is 6.54 Å². The van der Waals surface area contributed by atoms with Gasteiger partial charge in [-0.2, -0.15) is 0 Å². The summed E-state index contributed by atoms with van der Waals surface area (Å²) < 4.78 is 5.10. The van der Waals surface area contributed by atoms with Crippen molar-refractivity contribution in [3.63, 3.8) is 0 Å². The Morgan fingerprint density at radius 2 is 1.82 bits per heavy atom. The number of nitrogens with zero attached hydrogens (tertiary/aromatic N) is 1. The lowest BCUT2D eigenvalue weighted by atomic mass is 10.0. The zero-order valence-corrected chi connectivity index (χ0v) is 19.1. The Morgan fingerprint density at radius 3 is 2.48 bits per heavy atom. The maximum absolute atomic E-state index is 13.5. The molecule has 1 atom stereocenters. The standard InChI is InChI=1S/C25H27N3O4S/c29-22(16-26-24(30)21-13-6-14-32-21)28(17-20-12-7-15-33-20)23(18-8-2-1-3-9-18)25(31)27-19-10-4-5-11-19/h1-3,6-9,12-15,19,23H,4-5,10-11,16-17H2,(H,26,30)(H,27,31). The summed E-state index contributed by atoms with van der Waals surface area (Å²) in [6.07, 6.45) is 5.49. The molecule has 2 heterocycles. The first kappa shape index (κ1) is 22.8. The summed E-state index contributed by atoms with van der Waals surface area (Å²) in [5, 5.41) is 7.70. The van der Waals surface area contributed by atoms with E-state index in [1.165, 1.54) is 23.7 Å². The predicted octanol–water partition coefficient (Wildman–Crippen LogP) is 3.90. The van der Waals surface area contributed by atoms with Crippen molar-refractivity contribution in [1.29, 1.82) is 0 Å². The van der Waals surface area contributed by atoms with E-state index in [9.17, 15) is 14.4 Å². The number of carbonyl (C=O) groups excluding carboxylic acids is 3. The van der Waals surface area contributed by atoms with Gasteiger partial charge in [-0.15, -0.1) is 11.3 Å². The van der Waals surface area contributed by atoms with E-state index in [0.29, 0.717) is 0 Å². The fraction of sp³-hybridized carbons (Fsp3) is 0.320. The second-order valence-corrected chi connectivity index (χ2v) is 9.10. The summed E-state index contributed by atoms with van der Waals surface area (Å²) in [4.78, 5) is 41.7. The lowest BCUT2D eigenvalue weighted by Gasteiger charge is -2.32. The maximum Gasteiger partial charge on any atom is 0.287 e. The van der Waals surface area contributed by atoms with Crippen molar-refractivity contribution in [3.05, 3.63) is 82.4 Å². The molecule has 0 aliphatic heterocycles. The fourth-order valence-electron chi connectivity index (χ4n) is 4.10. The third-order valence-corrected chi connectivity index (χ3v) is 6.61.